The molecule has 58 heavy (non-hydrogen) atoms. The summed E-state index contributed by atoms with van der Waals surface area (Å²) in [6.07, 6.45) is 5.61. The highest BCUT2D eigenvalue weighted by atomic mass is 16.5. The summed E-state index contributed by atoms with van der Waals surface area (Å²) in [5, 5.41) is 14.9. The van der Waals surface area contributed by atoms with Gasteiger partial charge in [-0.25, -0.2) is 9.97 Å². The van der Waals surface area contributed by atoms with Crippen LogP contribution in [0.3, 0.4) is 0 Å². The van der Waals surface area contributed by atoms with E-state index in [1.54, 1.807) is 12.1 Å². The number of amides is 4. The Labute approximate surface area is 336 Å². The predicted octanol–water partition coefficient (Wildman–Crippen LogP) is 3.90. The largest absolute Gasteiger partial charge is 0.457 e. The van der Waals surface area contributed by atoms with Crippen molar-refractivity contribution >= 4 is 46.7 Å². The van der Waals surface area contributed by atoms with Crippen molar-refractivity contribution in [1.29, 1.82) is 5.41 Å². The Morgan fingerprint density at radius 2 is 1.48 bits per heavy atom. The molecule has 0 saturated carbocycles. The number of anilines is 3. The fraction of sp³-hybridized carbons (Fsp3) is 0.372. The third-order valence-corrected chi connectivity index (χ3v) is 12.3. The van der Waals surface area contributed by atoms with Crippen LogP contribution in [-0.2, 0) is 9.59 Å². The number of rotatable bonds is 10. The van der Waals surface area contributed by atoms with Crippen LogP contribution in [0, 0.1) is 5.41 Å². The number of nitrogens with two attached hydrogens (primary N) is 1. The average Bonchev–Trinajstić information content (AvgIpc) is 3.46. The lowest BCUT2D eigenvalue weighted by atomic mass is 9.94. The predicted molar refractivity (Wildman–Crippen MR) is 217 cm³/mol. The summed E-state index contributed by atoms with van der Waals surface area (Å²) in [6.45, 7) is 5.75. The van der Waals surface area contributed by atoms with E-state index in [-0.39, 0.29) is 36.3 Å². The van der Waals surface area contributed by atoms with Gasteiger partial charge in [0.05, 0.1) is 22.4 Å². The molecule has 0 radical (unpaired) electrons. The number of fused-ring (bicyclic) bond motifs is 1. The molecule has 1 unspecified atom stereocenters. The minimum absolute atomic E-state index is 0.0954. The maximum Gasteiger partial charge on any atom is 0.262 e. The van der Waals surface area contributed by atoms with E-state index in [1.165, 1.54) is 6.33 Å². The molecule has 4 amide bonds. The molecule has 5 aliphatic rings. The van der Waals surface area contributed by atoms with Gasteiger partial charge in [-0.2, -0.15) is 0 Å². The summed E-state index contributed by atoms with van der Waals surface area (Å²) in [7, 11) is 0. The van der Waals surface area contributed by atoms with Crippen LogP contribution >= 0.6 is 0 Å². The number of aromatic nitrogens is 2. The van der Waals surface area contributed by atoms with E-state index in [1.807, 2.05) is 60.7 Å². The number of benzene rings is 3. The number of nitrogens with zero attached hydrogens (tertiary/aromatic N) is 6. The first-order chi connectivity index (χ1) is 28.2. The van der Waals surface area contributed by atoms with Gasteiger partial charge in [0.25, 0.3) is 11.8 Å². The number of piperidine rings is 3. The number of carbonyl (C=O) groups is 4. The number of carbonyl (C=O) groups excluding carboxylic acids is 4. The number of ether oxygens (including phenoxy) is 1. The molecule has 1 atom stereocenters. The van der Waals surface area contributed by atoms with E-state index in [0.717, 1.165) is 81.3 Å². The molecular weight excluding hydrogens is 737 g/mol. The molecule has 4 saturated heterocycles. The number of hydrogen-bond acceptors (Lipinski definition) is 13. The van der Waals surface area contributed by atoms with E-state index >= 15 is 0 Å². The second-order valence-corrected chi connectivity index (χ2v) is 15.8. The Balaban J connectivity index is 0.740. The number of nitrogens with one attached hydrogen (secondary N) is 3. The van der Waals surface area contributed by atoms with Crippen LogP contribution in [0.15, 0.2) is 79.1 Å². The lowest BCUT2D eigenvalue weighted by Crippen LogP contribution is -2.64. The minimum atomic E-state index is -0.969. The highest BCUT2D eigenvalue weighted by Crippen LogP contribution is 2.34. The molecule has 0 aliphatic carbocycles. The number of hydrogen-bond donors (Lipinski definition) is 4. The Kier molecular flexibility index (Phi) is 10.1. The third-order valence-electron chi connectivity index (χ3n) is 12.3. The van der Waals surface area contributed by atoms with Crippen LogP contribution in [0.2, 0.25) is 0 Å². The van der Waals surface area contributed by atoms with Crippen LogP contribution in [0.5, 0.6) is 11.5 Å². The summed E-state index contributed by atoms with van der Waals surface area (Å²) < 4.78 is 5.92. The van der Waals surface area contributed by atoms with Crippen LogP contribution in [0.4, 0.5) is 17.3 Å². The van der Waals surface area contributed by atoms with Gasteiger partial charge >= 0.3 is 0 Å². The highest BCUT2D eigenvalue weighted by molar-refractivity contribution is 6.23. The molecule has 4 aromatic rings. The van der Waals surface area contributed by atoms with Gasteiger partial charge in [-0.1, -0.05) is 18.2 Å². The first-order valence-electron chi connectivity index (χ1n) is 20.1. The van der Waals surface area contributed by atoms with Crippen molar-refractivity contribution in [3.8, 4) is 11.5 Å². The van der Waals surface area contributed by atoms with Crippen LogP contribution in [-0.4, -0.2) is 117 Å². The van der Waals surface area contributed by atoms with Crippen molar-refractivity contribution in [3.05, 3.63) is 101 Å². The maximum absolute atomic E-state index is 13.4. The number of nitrogen functional groups attached to an aromatic ring is 1. The summed E-state index contributed by atoms with van der Waals surface area (Å²) in [6, 6.07) is 22.6. The fourth-order valence-corrected chi connectivity index (χ4v) is 8.98. The van der Waals surface area contributed by atoms with Gasteiger partial charge in [-0.3, -0.25) is 44.6 Å². The van der Waals surface area contributed by atoms with Gasteiger partial charge in [0, 0.05) is 75.1 Å². The van der Waals surface area contributed by atoms with Crippen molar-refractivity contribution < 1.29 is 23.9 Å². The molecule has 9 rings (SSSR count). The zero-order chi connectivity index (χ0) is 39.9. The Hall–Kier alpha value is -6.19. The zero-order valence-electron chi connectivity index (χ0n) is 32.1. The average molecular weight is 783 g/mol. The summed E-state index contributed by atoms with van der Waals surface area (Å²) in [5.41, 5.74) is 9.31. The molecule has 1 aromatic heterocycles. The van der Waals surface area contributed by atoms with Crippen molar-refractivity contribution in [2.75, 3.05) is 55.2 Å². The van der Waals surface area contributed by atoms with Crippen LogP contribution < -0.4 is 26.0 Å². The summed E-state index contributed by atoms with van der Waals surface area (Å²) in [4.78, 5) is 67.8. The Bertz CT molecular complexity index is 2250. The zero-order valence-corrected chi connectivity index (χ0v) is 32.1. The van der Waals surface area contributed by atoms with Crippen LogP contribution in [0.25, 0.3) is 0 Å². The summed E-state index contributed by atoms with van der Waals surface area (Å²) in [5.74, 6) is 0.319. The van der Waals surface area contributed by atoms with E-state index in [4.69, 9.17) is 15.9 Å². The van der Waals surface area contributed by atoms with Crippen molar-refractivity contribution in [1.82, 2.24) is 30.0 Å². The van der Waals surface area contributed by atoms with Gasteiger partial charge < -0.3 is 20.7 Å². The monoisotopic (exact) mass is 782 g/mol. The second-order valence-electron chi connectivity index (χ2n) is 15.8. The smallest absolute Gasteiger partial charge is 0.262 e. The van der Waals surface area contributed by atoms with Gasteiger partial charge in [0.2, 0.25) is 11.8 Å². The number of para-hydroxylation sites is 1. The number of likely N-dealkylation sites (tertiary alicyclic amines) is 2. The molecular formula is C43H46N10O5. The molecule has 0 bridgehead atoms. The van der Waals surface area contributed by atoms with Gasteiger partial charge in [-0.05, 0) is 86.7 Å². The topological polar surface area (TPSA) is 190 Å². The molecule has 298 valence electrons. The second kappa shape index (κ2) is 15.6. The summed E-state index contributed by atoms with van der Waals surface area (Å²) >= 11 is 0. The first-order valence-corrected chi connectivity index (χ1v) is 20.1. The van der Waals surface area contributed by atoms with Gasteiger partial charge in [-0.15, -0.1) is 0 Å². The molecule has 5 N–H and O–H groups in total. The molecule has 4 fully saturated rings. The number of imide groups is 2. The van der Waals surface area contributed by atoms with Crippen molar-refractivity contribution in [3.63, 3.8) is 0 Å². The maximum atomic E-state index is 13.4. The molecule has 6 heterocycles. The normalized spacial score (nSPS) is 21.1. The SMILES string of the molecule is N=C(c1ccc(Oc2ccccc2)cc1)c1c(N)ncnc1NC1CCN(C2CN(C3CCN(c4ccc5c(c4)C(=O)N(C4CCC(=O)NC4=O)C5=O)CC3)C2)CC1. The first kappa shape index (κ1) is 37.4. The highest BCUT2D eigenvalue weighted by Gasteiger charge is 2.45. The minimum Gasteiger partial charge on any atom is -0.457 e. The Morgan fingerprint density at radius 1 is 0.776 bits per heavy atom. The molecule has 5 aliphatic heterocycles. The van der Waals surface area contributed by atoms with Crippen molar-refractivity contribution in [2.45, 2.75) is 62.7 Å². The van der Waals surface area contributed by atoms with E-state index in [0.29, 0.717) is 45.9 Å². The van der Waals surface area contributed by atoms with Gasteiger partial charge in [0.1, 0.15) is 35.5 Å². The lowest BCUT2D eigenvalue weighted by Gasteiger charge is -2.52. The molecule has 15 heteroatoms. The molecule has 0 spiro atoms. The van der Waals surface area contributed by atoms with E-state index in [9.17, 15) is 19.2 Å². The Morgan fingerprint density at radius 3 is 2.21 bits per heavy atom. The fourth-order valence-electron chi connectivity index (χ4n) is 8.98. The molecule has 3 aromatic carbocycles. The van der Waals surface area contributed by atoms with E-state index < -0.39 is 23.8 Å². The molecule has 15 nitrogen and oxygen atoms in total. The standard InChI is InChI=1S/C43H46N10O5/c44-38(26-6-9-32(10-7-26)58-31-4-2-1-3-5-31)37-39(45)46-25-47-40(37)48-27-14-18-51(19-15-27)30-23-52(24-30)28-16-20-50(21-17-28)29-8-11-33-34(22-29)43(57)53(42(33)56)35-12-13-36(54)49-41(35)55/h1-11,22,25,27-28,30,35,44H,12-21,23-24H2,(H,49,54,55)(H3,45,46,47,48). The van der Waals surface area contributed by atoms with E-state index in [2.05, 4.69) is 35.3 Å². The van der Waals surface area contributed by atoms with Gasteiger partial charge in [0.15, 0.2) is 0 Å². The van der Waals surface area contributed by atoms with Crippen LogP contribution in [0.1, 0.15) is 70.4 Å². The lowest BCUT2D eigenvalue weighted by molar-refractivity contribution is -0.136. The third kappa shape index (κ3) is 7.26. The quantitative estimate of drug-likeness (QED) is 0.134. The van der Waals surface area contributed by atoms with Crippen molar-refractivity contribution in [2.24, 2.45) is 0 Å².